The Labute approximate surface area is 146 Å². The zero-order valence-corrected chi connectivity index (χ0v) is 14.8. The number of likely N-dealkylation sites (tertiary alicyclic amines) is 1. The van der Waals surface area contributed by atoms with Crippen LogP contribution in [0.3, 0.4) is 0 Å². The topological polar surface area (TPSA) is 92.5 Å². The van der Waals surface area contributed by atoms with Gasteiger partial charge >= 0.3 is 0 Å². The molecule has 2 aromatic heterocycles. The fourth-order valence-corrected chi connectivity index (χ4v) is 3.28. The Morgan fingerprint density at radius 1 is 1.20 bits per heavy atom. The Morgan fingerprint density at radius 2 is 1.96 bits per heavy atom. The van der Waals surface area contributed by atoms with Crippen LogP contribution in [0, 0.1) is 13.8 Å². The highest BCUT2D eigenvalue weighted by atomic mass is 16.2. The van der Waals surface area contributed by atoms with Crippen LogP contribution in [0.15, 0.2) is 6.33 Å². The first kappa shape index (κ1) is 17.3. The van der Waals surface area contributed by atoms with E-state index < -0.39 is 0 Å². The van der Waals surface area contributed by atoms with Gasteiger partial charge in [-0.25, -0.2) is 9.50 Å². The first-order valence-corrected chi connectivity index (χ1v) is 8.76. The third-order valence-electron chi connectivity index (χ3n) is 4.71. The number of carbonyl (C=O) groups excluding carboxylic acids is 2. The zero-order chi connectivity index (χ0) is 17.8. The molecule has 0 bridgehead atoms. The number of rotatable bonds is 6. The molecule has 134 valence electrons. The van der Waals surface area contributed by atoms with Crippen molar-refractivity contribution in [2.24, 2.45) is 0 Å². The lowest BCUT2D eigenvalue weighted by Gasteiger charge is -2.15. The second kappa shape index (κ2) is 7.58. The van der Waals surface area contributed by atoms with Crippen LogP contribution in [0.1, 0.15) is 42.6 Å². The van der Waals surface area contributed by atoms with Gasteiger partial charge in [0.15, 0.2) is 0 Å². The van der Waals surface area contributed by atoms with Gasteiger partial charge in [-0.1, -0.05) is 0 Å². The number of hydrogen-bond donors (Lipinski definition) is 1. The predicted molar refractivity (Wildman–Crippen MR) is 92.0 cm³/mol. The molecule has 0 aromatic carbocycles. The van der Waals surface area contributed by atoms with Crippen LogP contribution in [-0.2, 0) is 16.0 Å². The highest BCUT2D eigenvalue weighted by Crippen LogP contribution is 2.14. The van der Waals surface area contributed by atoms with Crippen molar-refractivity contribution in [3.05, 3.63) is 23.3 Å². The molecule has 1 N–H and O–H groups in total. The SMILES string of the molecule is Cc1nc2ncnn2c(C)c1CCC(=O)NCCC(=O)N1CCCC1. The lowest BCUT2D eigenvalue weighted by molar-refractivity contribution is -0.130. The van der Waals surface area contributed by atoms with Gasteiger partial charge in [-0.15, -0.1) is 0 Å². The molecule has 0 atom stereocenters. The molecule has 1 fully saturated rings. The minimum Gasteiger partial charge on any atom is -0.356 e. The largest absolute Gasteiger partial charge is 0.356 e. The van der Waals surface area contributed by atoms with Crippen LogP contribution in [0.2, 0.25) is 0 Å². The number of nitrogens with zero attached hydrogens (tertiary/aromatic N) is 5. The summed E-state index contributed by atoms with van der Waals surface area (Å²) in [6.07, 6.45) is 4.97. The molecule has 25 heavy (non-hydrogen) atoms. The summed E-state index contributed by atoms with van der Waals surface area (Å²) in [4.78, 5) is 34.4. The predicted octanol–water partition coefficient (Wildman–Crippen LogP) is 0.802. The van der Waals surface area contributed by atoms with E-state index in [0.29, 0.717) is 31.6 Å². The van der Waals surface area contributed by atoms with E-state index in [1.165, 1.54) is 6.33 Å². The second-order valence-corrected chi connectivity index (χ2v) is 6.42. The van der Waals surface area contributed by atoms with E-state index in [2.05, 4.69) is 20.4 Å². The number of carbonyl (C=O) groups is 2. The van der Waals surface area contributed by atoms with E-state index in [9.17, 15) is 9.59 Å². The molecule has 0 radical (unpaired) electrons. The Bertz CT molecular complexity index is 779. The van der Waals surface area contributed by atoms with Gasteiger partial charge in [-0.05, 0) is 38.7 Å². The molecule has 8 nitrogen and oxygen atoms in total. The smallest absolute Gasteiger partial charge is 0.252 e. The number of aryl methyl sites for hydroxylation is 2. The van der Waals surface area contributed by atoms with Crippen molar-refractivity contribution in [1.29, 1.82) is 0 Å². The summed E-state index contributed by atoms with van der Waals surface area (Å²) in [6.45, 7) is 5.97. The van der Waals surface area contributed by atoms with Crippen molar-refractivity contribution in [2.45, 2.75) is 46.0 Å². The van der Waals surface area contributed by atoms with E-state index in [1.54, 1.807) is 4.52 Å². The minimum atomic E-state index is -0.0493. The highest BCUT2D eigenvalue weighted by Gasteiger charge is 2.17. The summed E-state index contributed by atoms with van der Waals surface area (Å²) in [5.74, 6) is 0.653. The van der Waals surface area contributed by atoms with E-state index >= 15 is 0 Å². The molecular weight excluding hydrogens is 320 g/mol. The molecular formula is C17H24N6O2. The normalized spacial score (nSPS) is 14.2. The molecule has 1 aliphatic rings. The average Bonchev–Trinajstić information content (AvgIpc) is 3.26. The maximum atomic E-state index is 12.1. The molecule has 3 heterocycles. The van der Waals surface area contributed by atoms with Gasteiger partial charge in [0.25, 0.3) is 5.78 Å². The molecule has 3 rings (SSSR count). The second-order valence-electron chi connectivity index (χ2n) is 6.42. The van der Waals surface area contributed by atoms with Crippen molar-refractivity contribution >= 4 is 17.6 Å². The van der Waals surface area contributed by atoms with Gasteiger partial charge < -0.3 is 10.2 Å². The van der Waals surface area contributed by atoms with Gasteiger partial charge in [0.05, 0.1) is 0 Å². The number of hydrogen-bond acceptors (Lipinski definition) is 5. The van der Waals surface area contributed by atoms with Crippen LogP contribution < -0.4 is 5.32 Å². The number of nitrogens with one attached hydrogen (secondary N) is 1. The summed E-state index contributed by atoms with van der Waals surface area (Å²) in [5, 5.41) is 6.99. The fraction of sp³-hybridized carbons (Fsp3) is 0.588. The quantitative estimate of drug-likeness (QED) is 0.837. The van der Waals surface area contributed by atoms with E-state index in [4.69, 9.17) is 0 Å². The summed E-state index contributed by atoms with van der Waals surface area (Å²) in [6, 6.07) is 0. The highest BCUT2D eigenvalue weighted by molar-refractivity contribution is 5.79. The van der Waals surface area contributed by atoms with Gasteiger partial charge in [0, 0.05) is 43.9 Å². The monoisotopic (exact) mass is 344 g/mol. The Balaban J connectivity index is 1.48. The third-order valence-corrected chi connectivity index (χ3v) is 4.71. The van der Waals surface area contributed by atoms with Gasteiger partial charge in [0.1, 0.15) is 6.33 Å². The third kappa shape index (κ3) is 3.94. The van der Waals surface area contributed by atoms with Gasteiger partial charge in [-0.2, -0.15) is 10.1 Å². The van der Waals surface area contributed by atoms with Crippen LogP contribution >= 0.6 is 0 Å². The van der Waals surface area contributed by atoms with Crippen LogP contribution in [-0.4, -0.2) is 55.9 Å². The first-order valence-electron chi connectivity index (χ1n) is 8.76. The van der Waals surface area contributed by atoms with Crippen LogP contribution in [0.25, 0.3) is 5.78 Å². The molecule has 2 aromatic rings. The molecule has 0 spiro atoms. The first-order chi connectivity index (χ1) is 12.1. The summed E-state index contributed by atoms with van der Waals surface area (Å²) >= 11 is 0. The van der Waals surface area contributed by atoms with E-state index in [0.717, 1.165) is 42.9 Å². The molecule has 1 saturated heterocycles. The molecule has 0 aliphatic carbocycles. The summed E-state index contributed by atoms with van der Waals surface area (Å²) in [7, 11) is 0. The Hall–Kier alpha value is -2.51. The van der Waals surface area contributed by atoms with Gasteiger partial charge in [-0.3, -0.25) is 9.59 Å². The lowest BCUT2D eigenvalue weighted by atomic mass is 10.1. The average molecular weight is 344 g/mol. The van der Waals surface area contributed by atoms with Crippen LogP contribution in [0.4, 0.5) is 0 Å². The summed E-state index contributed by atoms with van der Waals surface area (Å²) in [5.41, 5.74) is 2.84. The van der Waals surface area contributed by atoms with Crippen molar-refractivity contribution in [3.8, 4) is 0 Å². The number of fused-ring (bicyclic) bond motifs is 1. The van der Waals surface area contributed by atoms with Crippen molar-refractivity contribution in [1.82, 2.24) is 29.8 Å². The summed E-state index contributed by atoms with van der Waals surface area (Å²) < 4.78 is 1.69. The maximum Gasteiger partial charge on any atom is 0.252 e. The standard InChI is InChI=1S/C17H24N6O2/c1-12-14(13(2)23-17(21-12)19-11-20-23)5-6-15(24)18-8-7-16(25)22-9-3-4-10-22/h11H,3-10H2,1-2H3,(H,18,24). The van der Waals surface area contributed by atoms with Gasteiger partial charge in [0.2, 0.25) is 11.8 Å². The minimum absolute atomic E-state index is 0.0493. The molecule has 2 amide bonds. The molecule has 8 heteroatoms. The van der Waals surface area contributed by atoms with E-state index in [1.807, 2.05) is 18.7 Å². The number of amides is 2. The fourth-order valence-electron chi connectivity index (χ4n) is 3.28. The maximum absolute atomic E-state index is 12.1. The molecule has 0 saturated carbocycles. The Morgan fingerprint density at radius 3 is 2.72 bits per heavy atom. The van der Waals surface area contributed by atoms with Crippen molar-refractivity contribution in [2.75, 3.05) is 19.6 Å². The van der Waals surface area contributed by atoms with Crippen molar-refractivity contribution in [3.63, 3.8) is 0 Å². The zero-order valence-electron chi connectivity index (χ0n) is 14.8. The number of aromatic nitrogens is 4. The van der Waals surface area contributed by atoms with Crippen LogP contribution in [0.5, 0.6) is 0 Å². The van der Waals surface area contributed by atoms with E-state index in [-0.39, 0.29) is 11.8 Å². The molecule has 1 aliphatic heterocycles. The Kier molecular flexibility index (Phi) is 5.25. The van der Waals surface area contributed by atoms with Crippen molar-refractivity contribution < 1.29 is 9.59 Å². The lowest BCUT2D eigenvalue weighted by Crippen LogP contribution is -2.32. The molecule has 0 unspecified atom stereocenters.